The van der Waals surface area contributed by atoms with E-state index < -0.39 is 29.7 Å². The lowest BCUT2D eigenvalue weighted by atomic mass is 9.68. The Morgan fingerprint density at radius 1 is 1.33 bits per heavy atom. The van der Waals surface area contributed by atoms with E-state index in [-0.39, 0.29) is 29.6 Å². The molecule has 0 aromatic heterocycles. The fraction of sp³-hybridized carbons (Fsp3) is 0.818. The van der Waals surface area contributed by atoms with E-state index in [1.54, 1.807) is 7.11 Å². The molecule has 1 aliphatic carbocycles. The van der Waals surface area contributed by atoms with Crippen LogP contribution in [0.3, 0.4) is 0 Å². The lowest BCUT2D eigenvalue weighted by molar-refractivity contribution is -0.123. The second-order valence-corrected chi connectivity index (χ2v) is 9.59. The summed E-state index contributed by atoms with van der Waals surface area (Å²) in [5.41, 5.74) is 5.98. The standard InChI is InChI=1S/C22H36N2O6/c1-12(2)7-8-15-21(5,30-15)18-17(27-6)14(9-10-22(18)11-28-22)29-20(26)24-16(13(3)4)19(23)25/h7,13-18H,8-11H2,1-6H3,(H2,23,25)(H,24,26)/t14-,15-,16-,17-,18?,21+,22+/m1/s1. The zero-order valence-corrected chi connectivity index (χ0v) is 18.9. The summed E-state index contributed by atoms with van der Waals surface area (Å²) in [4.78, 5) is 24.1. The predicted molar refractivity (Wildman–Crippen MR) is 111 cm³/mol. The molecule has 0 aromatic rings. The molecule has 8 nitrogen and oxygen atoms in total. The second kappa shape index (κ2) is 8.48. The molecule has 2 aliphatic heterocycles. The molecule has 3 aliphatic rings. The summed E-state index contributed by atoms with van der Waals surface area (Å²) >= 11 is 0. The number of primary amides is 1. The Labute approximate surface area is 178 Å². The van der Waals surface area contributed by atoms with Gasteiger partial charge in [0.1, 0.15) is 29.5 Å². The highest BCUT2D eigenvalue weighted by Crippen LogP contribution is 2.59. The molecule has 2 saturated heterocycles. The number of ether oxygens (including phenoxy) is 4. The van der Waals surface area contributed by atoms with Crippen molar-refractivity contribution < 1.29 is 28.5 Å². The molecule has 3 N–H and O–H groups in total. The highest BCUT2D eigenvalue weighted by Gasteiger charge is 2.72. The van der Waals surface area contributed by atoms with Crippen molar-refractivity contribution in [2.75, 3.05) is 13.7 Å². The molecule has 0 radical (unpaired) electrons. The predicted octanol–water partition coefficient (Wildman–Crippen LogP) is 2.30. The van der Waals surface area contributed by atoms with Gasteiger partial charge >= 0.3 is 6.09 Å². The van der Waals surface area contributed by atoms with Crippen LogP contribution in [0, 0.1) is 11.8 Å². The number of epoxide rings is 2. The van der Waals surface area contributed by atoms with Gasteiger partial charge in [-0.15, -0.1) is 0 Å². The Morgan fingerprint density at radius 3 is 2.50 bits per heavy atom. The van der Waals surface area contributed by atoms with Crippen molar-refractivity contribution in [1.82, 2.24) is 5.32 Å². The van der Waals surface area contributed by atoms with Crippen molar-refractivity contribution in [2.24, 2.45) is 17.6 Å². The van der Waals surface area contributed by atoms with Crippen LogP contribution in [0.25, 0.3) is 0 Å². The first-order chi connectivity index (χ1) is 14.0. The fourth-order valence-electron chi connectivity index (χ4n) is 4.94. The quantitative estimate of drug-likeness (QED) is 0.456. The molecule has 1 unspecified atom stereocenters. The van der Waals surface area contributed by atoms with Gasteiger partial charge in [0.05, 0.1) is 18.6 Å². The first kappa shape index (κ1) is 23.0. The van der Waals surface area contributed by atoms with Crippen molar-refractivity contribution in [1.29, 1.82) is 0 Å². The largest absolute Gasteiger partial charge is 0.443 e. The van der Waals surface area contributed by atoms with Crippen LogP contribution in [0.15, 0.2) is 11.6 Å². The van der Waals surface area contributed by atoms with Crippen molar-refractivity contribution >= 4 is 12.0 Å². The molecule has 0 aromatic carbocycles. The fourth-order valence-corrected chi connectivity index (χ4v) is 4.94. The van der Waals surface area contributed by atoms with Gasteiger partial charge in [0.15, 0.2) is 0 Å². The Balaban J connectivity index is 1.71. The van der Waals surface area contributed by atoms with Gasteiger partial charge in [-0.05, 0) is 46.0 Å². The van der Waals surface area contributed by atoms with E-state index in [4.69, 9.17) is 24.7 Å². The van der Waals surface area contributed by atoms with Crippen LogP contribution >= 0.6 is 0 Å². The Kier molecular flexibility index (Phi) is 6.51. The van der Waals surface area contributed by atoms with E-state index in [2.05, 4.69) is 32.2 Å². The molecular weight excluding hydrogens is 388 g/mol. The summed E-state index contributed by atoms with van der Waals surface area (Å²) in [6, 6.07) is -0.784. The zero-order valence-electron chi connectivity index (χ0n) is 18.9. The van der Waals surface area contributed by atoms with Crippen LogP contribution in [0.5, 0.6) is 0 Å². The Morgan fingerprint density at radius 2 is 2.00 bits per heavy atom. The SMILES string of the molecule is CO[C@H]1C([C@@]2(C)O[C@@H]2CC=C(C)C)[C@]2(CC[C@H]1OC(=O)N[C@@H](C(N)=O)C(C)C)CO2. The number of methoxy groups -OCH3 is 1. The summed E-state index contributed by atoms with van der Waals surface area (Å²) in [5.74, 6) is -0.766. The van der Waals surface area contributed by atoms with Gasteiger partial charge in [0.25, 0.3) is 0 Å². The number of rotatable bonds is 8. The van der Waals surface area contributed by atoms with Crippen LogP contribution in [-0.2, 0) is 23.7 Å². The smallest absolute Gasteiger partial charge is 0.408 e. The van der Waals surface area contributed by atoms with Crippen molar-refractivity contribution in [3.63, 3.8) is 0 Å². The summed E-state index contributed by atoms with van der Waals surface area (Å²) in [5, 5.41) is 2.59. The van der Waals surface area contributed by atoms with E-state index >= 15 is 0 Å². The van der Waals surface area contributed by atoms with Crippen molar-refractivity contribution in [2.45, 2.75) is 89.4 Å². The van der Waals surface area contributed by atoms with Crippen LogP contribution in [0.1, 0.15) is 53.9 Å². The maximum Gasteiger partial charge on any atom is 0.408 e. The third kappa shape index (κ3) is 4.50. The summed E-state index contributed by atoms with van der Waals surface area (Å²) < 4.78 is 23.7. The van der Waals surface area contributed by atoms with E-state index in [1.165, 1.54) is 5.57 Å². The third-order valence-corrected chi connectivity index (χ3v) is 6.74. The molecule has 7 atom stereocenters. The lowest BCUT2D eigenvalue weighted by Gasteiger charge is -2.42. The summed E-state index contributed by atoms with van der Waals surface area (Å²) in [6.45, 7) is 10.5. The van der Waals surface area contributed by atoms with Crippen LogP contribution < -0.4 is 11.1 Å². The summed E-state index contributed by atoms with van der Waals surface area (Å²) in [7, 11) is 1.63. The van der Waals surface area contributed by atoms with E-state index in [0.29, 0.717) is 13.0 Å². The molecule has 1 saturated carbocycles. The van der Waals surface area contributed by atoms with Crippen LogP contribution in [-0.4, -0.2) is 61.3 Å². The molecule has 0 bridgehead atoms. The first-order valence-corrected chi connectivity index (χ1v) is 10.8. The monoisotopic (exact) mass is 424 g/mol. The number of nitrogens with one attached hydrogen (secondary N) is 1. The minimum atomic E-state index is -0.784. The number of alkyl carbamates (subject to hydrolysis) is 1. The molecular formula is C22H36N2O6. The average Bonchev–Trinajstić information content (AvgIpc) is 3.56. The number of carbonyl (C=O) groups is 2. The first-order valence-electron chi connectivity index (χ1n) is 10.8. The minimum Gasteiger partial charge on any atom is -0.443 e. The van der Waals surface area contributed by atoms with E-state index in [1.807, 2.05) is 13.8 Å². The van der Waals surface area contributed by atoms with Gasteiger partial charge in [0.2, 0.25) is 5.91 Å². The maximum absolute atomic E-state index is 12.5. The number of carbonyl (C=O) groups excluding carboxylic acids is 2. The molecule has 3 fully saturated rings. The highest BCUT2D eigenvalue weighted by atomic mass is 16.6. The molecule has 1 spiro atoms. The third-order valence-electron chi connectivity index (χ3n) is 6.74. The zero-order chi connectivity index (χ0) is 22.3. The van der Waals surface area contributed by atoms with Crippen molar-refractivity contribution in [3.05, 3.63) is 11.6 Å². The van der Waals surface area contributed by atoms with Gasteiger partial charge < -0.3 is 30.0 Å². The average molecular weight is 425 g/mol. The number of hydrogen-bond acceptors (Lipinski definition) is 6. The van der Waals surface area contributed by atoms with Crippen molar-refractivity contribution in [3.8, 4) is 0 Å². The van der Waals surface area contributed by atoms with E-state index in [9.17, 15) is 9.59 Å². The summed E-state index contributed by atoms with van der Waals surface area (Å²) in [6.07, 6.45) is 3.02. The van der Waals surface area contributed by atoms with Crippen LogP contribution in [0.2, 0.25) is 0 Å². The maximum atomic E-state index is 12.5. The lowest BCUT2D eigenvalue weighted by Crippen LogP contribution is -2.57. The van der Waals surface area contributed by atoms with E-state index in [0.717, 1.165) is 12.8 Å². The Bertz CT molecular complexity index is 700. The molecule has 2 amide bonds. The van der Waals surface area contributed by atoms with Gasteiger partial charge in [-0.2, -0.15) is 0 Å². The van der Waals surface area contributed by atoms with Gasteiger partial charge in [-0.3, -0.25) is 4.79 Å². The van der Waals surface area contributed by atoms with Crippen LogP contribution in [0.4, 0.5) is 4.79 Å². The molecule has 8 heteroatoms. The second-order valence-electron chi connectivity index (χ2n) is 9.59. The molecule has 170 valence electrons. The Hall–Kier alpha value is -1.64. The molecule has 3 rings (SSSR count). The molecule has 2 heterocycles. The number of amides is 2. The van der Waals surface area contributed by atoms with Gasteiger partial charge in [-0.25, -0.2) is 4.79 Å². The molecule has 30 heavy (non-hydrogen) atoms. The highest BCUT2D eigenvalue weighted by molar-refractivity contribution is 5.84. The number of allylic oxidation sites excluding steroid dienone is 1. The number of nitrogens with two attached hydrogens (primary N) is 1. The normalized spacial score (nSPS) is 38.1. The topological polar surface area (TPSA) is 116 Å². The number of hydrogen-bond donors (Lipinski definition) is 2. The van der Waals surface area contributed by atoms with Gasteiger partial charge in [0, 0.05) is 7.11 Å². The minimum absolute atomic E-state index is 0.0471. The van der Waals surface area contributed by atoms with Gasteiger partial charge in [-0.1, -0.05) is 25.5 Å².